The molecule has 0 saturated carbocycles. The third-order valence-electron chi connectivity index (χ3n) is 6.61. The third kappa shape index (κ3) is 3.91. The van der Waals surface area contributed by atoms with Gasteiger partial charge in [-0.05, 0) is 78.2 Å². The molecular weight excluding hydrogens is 438 g/mol. The third-order valence-corrected chi connectivity index (χ3v) is 6.61. The van der Waals surface area contributed by atoms with Crippen LogP contribution in [0.25, 0.3) is 33.3 Å². The van der Waals surface area contributed by atoms with Gasteiger partial charge in [-0.3, -0.25) is 4.79 Å². The predicted molar refractivity (Wildman–Crippen MR) is 141 cm³/mol. The number of amides is 1. The van der Waals surface area contributed by atoms with Crippen molar-refractivity contribution in [3.63, 3.8) is 0 Å². The lowest BCUT2D eigenvalue weighted by atomic mass is 10.1. The second-order valence-corrected chi connectivity index (χ2v) is 8.92. The number of aromatic nitrogens is 1. The van der Waals surface area contributed by atoms with E-state index in [1.54, 1.807) is 18.2 Å². The molecule has 0 radical (unpaired) electrons. The zero-order valence-corrected chi connectivity index (χ0v) is 19.1. The van der Waals surface area contributed by atoms with Crippen LogP contribution >= 0.6 is 0 Å². The van der Waals surface area contributed by atoms with Crippen LogP contribution in [-0.4, -0.2) is 23.5 Å². The van der Waals surface area contributed by atoms with Gasteiger partial charge in [0.25, 0.3) is 0 Å². The Hall–Kier alpha value is -4.52. The molecule has 174 valence electrons. The van der Waals surface area contributed by atoms with E-state index in [0.29, 0.717) is 23.0 Å². The highest BCUT2D eigenvalue weighted by atomic mass is 16.3. The summed E-state index contributed by atoms with van der Waals surface area (Å²) in [5.41, 5.74) is 16.9. The van der Waals surface area contributed by atoms with Crippen molar-refractivity contribution in [1.29, 1.82) is 0 Å². The number of para-hydroxylation sites is 2. The number of nitrogens with one attached hydrogen (secondary N) is 1. The Bertz CT molecular complexity index is 1540. The van der Waals surface area contributed by atoms with E-state index < -0.39 is 0 Å². The highest BCUT2D eigenvalue weighted by Gasteiger charge is 2.31. The van der Waals surface area contributed by atoms with E-state index in [1.807, 2.05) is 30.3 Å². The molecule has 35 heavy (non-hydrogen) atoms. The fourth-order valence-corrected chi connectivity index (χ4v) is 4.77. The first-order valence-corrected chi connectivity index (χ1v) is 11.7. The first-order valence-electron chi connectivity index (χ1n) is 11.7. The Balaban J connectivity index is 1.25. The molecule has 7 nitrogen and oxygen atoms in total. The van der Waals surface area contributed by atoms with E-state index in [9.17, 15) is 4.79 Å². The van der Waals surface area contributed by atoms with Gasteiger partial charge in [-0.15, -0.1) is 0 Å². The molecule has 5 N–H and O–H groups in total. The first kappa shape index (κ1) is 21.0. The van der Waals surface area contributed by atoms with Crippen LogP contribution in [0.3, 0.4) is 0 Å². The van der Waals surface area contributed by atoms with E-state index in [0.717, 1.165) is 52.5 Å². The monoisotopic (exact) mass is 463 g/mol. The van der Waals surface area contributed by atoms with Gasteiger partial charge in [0, 0.05) is 23.5 Å². The molecule has 0 aliphatic carbocycles. The van der Waals surface area contributed by atoms with Crippen molar-refractivity contribution in [3.05, 3.63) is 78.9 Å². The van der Waals surface area contributed by atoms with E-state index in [1.165, 1.54) is 0 Å². The molecule has 1 atom stereocenters. The zero-order chi connectivity index (χ0) is 23.9. The highest BCUT2D eigenvalue weighted by Crippen LogP contribution is 2.32. The van der Waals surface area contributed by atoms with Crippen molar-refractivity contribution < 1.29 is 9.21 Å². The van der Waals surface area contributed by atoms with Gasteiger partial charge >= 0.3 is 0 Å². The smallest absolute Gasteiger partial charge is 0.247 e. The molecule has 1 aliphatic heterocycles. The Kier molecular flexibility index (Phi) is 5.03. The van der Waals surface area contributed by atoms with Gasteiger partial charge in [0.2, 0.25) is 11.8 Å². The number of nitrogens with zero attached hydrogens (tertiary/aromatic N) is 2. The largest absolute Gasteiger partial charge is 0.436 e. The molecule has 0 spiro atoms. The molecule has 1 aliphatic rings. The second kappa shape index (κ2) is 8.36. The van der Waals surface area contributed by atoms with Crippen LogP contribution in [0, 0.1) is 0 Å². The summed E-state index contributed by atoms with van der Waals surface area (Å²) in [5.74, 6) is 0.565. The van der Waals surface area contributed by atoms with E-state index in [4.69, 9.17) is 15.9 Å². The minimum atomic E-state index is -0.245. The Labute approximate surface area is 202 Å². The quantitative estimate of drug-likeness (QED) is 0.307. The number of anilines is 4. The van der Waals surface area contributed by atoms with Crippen LogP contribution < -0.4 is 21.7 Å². The maximum absolute atomic E-state index is 13.1. The minimum absolute atomic E-state index is 0.0434. The van der Waals surface area contributed by atoms with Crippen LogP contribution in [0.1, 0.15) is 12.8 Å². The summed E-state index contributed by atoms with van der Waals surface area (Å²) in [6.45, 7) is 0.828. The van der Waals surface area contributed by atoms with E-state index in [2.05, 4.69) is 45.5 Å². The molecule has 1 amide bonds. The fourth-order valence-electron chi connectivity index (χ4n) is 4.77. The van der Waals surface area contributed by atoms with E-state index >= 15 is 0 Å². The Morgan fingerprint density at radius 3 is 2.63 bits per heavy atom. The lowest BCUT2D eigenvalue weighted by Crippen LogP contribution is -2.39. The summed E-state index contributed by atoms with van der Waals surface area (Å²) in [7, 11) is 0. The maximum atomic E-state index is 13.1. The standard InChI is InChI=1S/C28H25N5O2/c29-22-12-10-20(16-23(22)30)31-27(34)25-5-3-13-33(25)21-11-9-17-14-19(8-7-18(17)15-21)28-32-24-4-1-2-6-26(24)35-28/h1-2,4,6-12,14-16,25H,3,5,13,29-30H2,(H,31,34). The summed E-state index contributed by atoms with van der Waals surface area (Å²) < 4.78 is 5.93. The normalized spacial score (nSPS) is 15.7. The number of benzene rings is 4. The van der Waals surface area contributed by atoms with Crippen molar-refractivity contribution >= 4 is 50.5 Å². The first-order chi connectivity index (χ1) is 17.0. The molecule has 1 aromatic heterocycles. The van der Waals surface area contributed by atoms with Crippen LogP contribution in [0.15, 0.2) is 83.3 Å². The van der Waals surface area contributed by atoms with Crippen LogP contribution in [0.4, 0.5) is 22.7 Å². The number of carbonyl (C=O) groups is 1. The number of hydrogen-bond acceptors (Lipinski definition) is 6. The van der Waals surface area contributed by atoms with Crippen molar-refractivity contribution in [3.8, 4) is 11.5 Å². The van der Waals surface area contributed by atoms with Gasteiger partial charge in [0.1, 0.15) is 11.6 Å². The highest BCUT2D eigenvalue weighted by molar-refractivity contribution is 5.98. The molecule has 2 heterocycles. The molecule has 7 heteroatoms. The molecule has 1 unspecified atom stereocenters. The average Bonchev–Trinajstić information content (AvgIpc) is 3.53. The Morgan fingerprint density at radius 2 is 1.77 bits per heavy atom. The molecule has 1 saturated heterocycles. The van der Waals surface area contributed by atoms with Crippen LogP contribution in [0.2, 0.25) is 0 Å². The number of carbonyl (C=O) groups excluding carboxylic acids is 1. The molecule has 6 rings (SSSR count). The number of rotatable bonds is 4. The van der Waals surface area contributed by atoms with Gasteiger partial charge < -0.3 is 26.1 Å². The molecule has 4 aromatic carbocycles. The van der Waals surface area contributed by atoms with Crippen molar-refractivity contribution in [2.24, 2.45) is 0 Å². The summed E-state index contributed by atoms with van der Waals surface area (Å²) in [6, 6.07) is 25.2. The number of nitrogens with two attached hydrogens (primary N) is 2. The molecule has 1 fully saturated rings. The van der Waals surface area contributed by atoms with Gasteiger partial charge in [-0.25, -0.2) is 4.98 Å². The van der Waals surface area contributed by atoms with Gasteiger partial charge in [0.05, 0.1) is 11.4 Å². The van der Waals surface area contributed by atoms with Crippen molar-refractivity contribution in [2.45, 2.75) is 18.9 Å². The summed E-state index contributed by atoms with van der Waals surface area (Å²) >= 11 is 0. The maximum Gasteiger partial charge on any atom is 0.247 e. The van der Waals surface area contributed by atoms with Gasteiger partial charge in [-0.2, -0.15) is 0 Å². The number of fused-ring (bicyclic) bond motifs is 2. The van der Waals surface area contributed by atoms with Crippen molar-refractivity contribution in [2.75, 3.05) is 28.2 Å². The minimum Gasteiger partial charge on any atom is -0.436 e. The van der Waals surface area contributed by atoms with Crippen molar-refractivity contribution in [1.82, 2.24) is 4.98 Å². The second-order valence-electron chi connectivity index (χ2n) is 8.92. The fraction of sp³-hybridized carbons (Fsp3) is 0.143. The van der Waals surface area contributed by atoms with Gasteiger partial charge in [-0.1, -0.05) is 24.3 Å². The summed E-state index contributed by atoms with van der Waals surface area (Å²) in [4.78, 5) is 19.9. The Morgan fingerprint density at radius 1 is 0.943 bits per heavy atom. The predicted octanol–water partition coefficient (Wildman–Crippen LogP) is 5.42. The van der Waals surface area contributed by atoms with E-state index in [-0.39, 0.29) is 11.9 Å². The molecular formula is C28H25N5O2. The number of nitrogen functional groups attached to an aromatic ring is 2. The SMILES string of the molecule is Nc1ccc(NC(=O)C2CCCN2c2ccc3cc(-c4nc5ccccc5o4)ccc3c2)cc1N. The lowest BCUT2D eigenvalue weighted by molar-refractivity contribution is -0.117. The topological polar surface area (TPSA) is 110 Å². The van der Waals surface area contributed by atoms with Crippen LogP contribution in [0.5, 0.6) is 0 Å². The molecule has 5 aromatic rings. The number of oxazole rings is 1. The molecule has 0 bridgehead atoms. The zero-order valence-electron chi connectivity index (χ0n) is 19.1. The number of hydrogen-bond donors (Lipinski definition) is 3. The summed E-state index contributed by atoms with van der Waals surface area (Å²) in [5, 5.41) is 5.18. The average molecular weight is 464 g/mol. The van der Waals surface area contributed by atoms with Gasteiger partial charge in [0.15, 0.2) is 5.58 Å². The van der Waals surface area contributed by atoms with Crippen LogP contribution in [-0.2, 0) is 4.79 Å². The summed E-state index contributed by atoms with van der Waals surface area (Å²) in [6.07, 6.45) is 1.75. The lowest BCUT2D eigenvalue weighted by Gasteiger charge is -2.26.